The monoisotopic (exact) mass is 217 g/mol. The van der Waals surface area contributed by atoms with Gasteiger partial charge in [0.2, 0.25) is 0 Å². The molecule has 0 bridgehead atoms. The summed E-state index contributed by atoms with van der Waals surface area (Å²) >= 11 is 0. The van der Waals surface area contributed by atoms with Crippen molar-refractivity contribution in [2.45, 2.75) is 45.0 Å². The Morgan fingerprint density at radius 2 is 2.12 bits per heavy atom. The van der Waals surface area contributed by atoms with Crippen LogP contribution in [0, 0.1) is 0 Å². The van der Waals surface area contributed by atoms with Gasteiger partial charge in [-0.2, -0.15) is 0 Å². The Labute approximate surface area is 97.2 Å². The fourth-order valence-corrected chi connectivity index (χ4v) is 2.95. The van der Waals surface area contributed by atoms with Crippen molar-refractivity contribution in [1.82, 2.24) is 4.90 Å². The highest BCUT2D eigenvalue weighted by Crippen LogP contribution is 2.37. The molecular weight excluding hydrogens is 198 g/mol. The molecule has 2 atom stereocenters. The Bertz CT molecular complexity index is 403. The first-order valence-electron chi connectivity index (χ1n) is 6.20. The fourth-order valence-electron chi connectivity index (χ4n) is 2.95. The van der Waals surface area contributed by atoms with Gasteiger partial charge in [-0.15, -0.1) is 0 Å². The molecule has 2 heterocycles. The molecule has 0 aliphatic carbocycles. The minimum Gasteiger partial charge on any atom is -0.359 e. The highest BCUT2D eigenvalue weighted by molar-refractivity contribution is 5.31. The quantitative estimate of drug-likeness (QED) is 0.717. The molecule has 0 radical (unpaired) electrons. The molecule has 2 nitrogen and oxygen atoms in total. The van der Waals surface area contributed by atoms with Crippen molar-refractivity contribution in [3.05, 3.63) is 35.4 Å². The van der Waals surface area contributed by atoms with E-state index in [1.807, 2.05) is 0 Å². The van der Waals surface area contributed by atoms with Crippen LogP contribution in [-0.4, -0.2) is 23.3 Å². The zero-order valence-corrected chi connectivity index (χ0v) is 10.1. The maximum atomic E-state index is 5.99. The van der Waals surface area contributed by atoms with Crippen LogP contribution in [0.5, 0.6) is 0 Å². The molecule has 0 spiro atoms. The first-order chi connectivity index (χ1) is 7.73. The van der Waals surface area contributed by atoms with Crippen molar-refractivity contribution in [3.63, 3.8) is 0 Å². The van der Waals surface area contributed by atoms with E-state index in [1.54, 1.807) is 0 Å². The van der Waals surface area contributed by atoms with Crippen LogP contribution < -0.4 is 0 Å². The summed E-state index contributed by atoms with van der Waals surface area (Å²) in [5.74, 6) is 0. The normalized spacial score (nSPS) is 33.5. The van der Waals surface area contributed by atoms with Gasteiger partial charge >= 0.3 is 0 Å². The molecule has 0 saturated carbocycles. The van der Waals surface area contributed by atoms with Gasteiger partial charge in [-0.1, -0.05) is 31.2 Å². The lowest BCUT2D eigenvalue weighted by molar-refractivity contribution is -0.0778. The van der Waals surface area contributed by atoms with Crippen LogP contribution in [0.4, 0.5) is 0 Å². The van der Waals surface area contributed by atoms with Gasteiger partial charge in [0.25, 0.3) is 0 Å². The van der Waals surface area contributed by atoms with Crippen LogP contribution >= 0.6 is 0 Å². The maximum Gasteiger partial charge on any atom is 0.119 e. The molecule has 1 saturated heterocycles. The summed E-state index contributed by atoms with van der Waals surface area (Å²) in [7, 11) is 0. The molecular formula is C14H19NO. The SMILES string of the molecule is CCC1(C)OCC2Cc3ccccc3CN21. The largest absolute Gasteiger partial charge is 0.359 e. The van der Waals surface area contributed by atoms with E-state index in [2.05, 4.69) is 43.0 Å². The molecule has 0 amide bonds. The molecule has 1 aromatic carbocycles. The topological polar surface area (TPSA) is 12.5 Å². The summed E-state index contributed by atoms with van der Waals surface area (Å²) in [4.78, 5) is 2.54. The second-order valence-electron chi connectivity index (χ2n) is 5.09. The Morgan fingerprint density at radius 1 is 1.38 bits per heavy atom. The minimum absolute atomic E-state index is 0.0435. The van der Waals surface area contributed by atoms with Crippen molar-refractivity contribution in [1.29, 1.82) is 0 Å². The second kappa shape index (κ2) is 3.57. The van der Waals surface area contributed by atoms with E-state index in [9.17, 15) is 0 Å². The number of ether oxygens (including phenoxy) is 1. The zero-order valence-electron chi connectivity index (χ0n) is 10.1. The second-order valence-corrected chi connectivity index (χ2v) is 5.09. The van der Waals surface area contributed by atoms with E-state index < -0.39 is 0 Å². The summed E-state index contributed by atoms with van der Waals surface area (Å²) < 4.78 is 5.99. The Hall–Kier alpha value is -0.860. The third-order valence-electron chi connectivity index (χ3n) is 4.21. The predicted molar refractivity (Wildman–Crippen MR) is 64.1 cm³/mol. The van der Waals surface area contributed by atoms with E-state index in [0.717, 1.165) is 26.0 Å². The van der Waals surface area contributed by atoms with Gasteiger partial charge in [0, 0.05) is 12.6 Å². The molecule has 0 aromatic heterocycles. The lowest BCUT2D eigenvalue weighted by Crippen LogP contribution is -2.47. The van der Waals surface area contributed by atoms with E-state index in [-0.39, 0.29) is 5.72 Å². The van der Waals surface area contributed by atoms with Crippen LogP contribution in [0.2, 0.25) is 0 Å². The van der Waals surface area contributed by atoms with Gasteiger partial charge in [0.05, 0.1) is 6.61 Å². The summed E-state index contributed by atoms with van der Waals surface area (Å²) in [5, 5.41) is 0. The van der Waals surface area contributed by atoms with E-state index in [1.165, 1.54) is 11.1 Å². The molecule has 2 unspecified atom stereocenters. The molecule has 2 heteroatoms. The Morgan fingerprint density at radius 3 is 2.88 bits per heavy atom. The van der Waals surface area contributed by atoms with Gasteiger partial charge < -0.3 is 4.74 Å². The summed E-state index contributed by atoms with van der Waals surface area (Å²) in [6, 6.07) is 9.37. The smallest absolute Gasteiger partial charge is 0.119 e. The highest BCUT2D eigenvalue weighted by Gasteiger charge is 2.44. The van der Waals surface area contributed by atoms with Gasteiger partial charge in [-0.3, -0.25) is 4.90 Å². The summed E-state index contributed by atoms with van der Waals surface area (Å²) in [6.07, 6.45) is 2.21. The molecule has 2 aliphatic rings. The van der Waals surface area contributed by atoms with Crippen LogP contribution in [-0.2, 0) is 17.7 Å². The number of benzene rings is 1. The number of rotatable bonds is 1. The number of hydrogen-bond acceptors (Lipinski definition) is 2. The third-order valence-corrected chi connectivity index (χ3v) is 4.21. The molecule has 16 heavy (non-hydrogen) atoms. The van der Waals surface area contributed by atoms with Gasteiger partial charge in [-0.05, 0) is 30.9 Å². The minimum atomic E-state index is -0.0435. The van der Waals surface area contributed by atoms with Crippen molar-refractivity contribution >= 4 is 0 Å². The van der Waals surface area contributed by atoms with Crippen molar-refractivity contribution < 1.29 is 4.74 Å². The lowest BCUT2D eigenvalue weighted by atomic mass is 9.93. The lowest BCUT2D eigenvalue weighted by Gasteiger charge is -2.39. The standard InChI is InChI=1S/C14H19NO/c1-3-14(2)15-9-12-7-5-4-6-11(12)8-13(15)10-16-14/h4-7,13H,3,8-10H2,1-2H3. The van der Waals surface area contributed by atoms with Gasteiger partial charge in [0.1, 0.15) is 5.72 Å². The number of hydrogen-bond donors (Lipinski definition) is 0. The fraction of sp³-hybridized carbons (Fsp3) is 0.571. The summed E-state index contributed by atoms with van der Waals surface area (Å²) in [5.41, 5.74) is 2.94. The average Bonchev–Trinajstić information content (AvgIpc) is 2.65. The predicted octanol–water partition coefficient (Wildman–Crippen LogP) is 2.57. The van der Waals surface area contributed by atoms with Gasteiger partial charge in [0.15, 0.2) is 0 Å². The number of nitrogens with zero attached hydrogens (tertiary/aromatic N) is 1. The van der Waals surface area contributed by atoms with Crippen LogP contribution in [0.1, 0.15) is 31.4 Å². The van der Waals surface area contributed by atoms with Gasteiger partial charge in [-0.25, -0.2) is 0 Å². The molecule has 86 valence electrons. The van der Waals surface area contributed by atoms with Crippen molar-refractivity contribution in [2.75, 3.05) is 6.61 Å². The van der Waals surface area contributed by atoms with E-state index in [4.69, 9.17) is 4.74 Å². The molecule has 1 fully saturated rings. The molecule has 2 aliphatic heterocycles. The first kappa shape index (κ1) is 10.3. The van der Waals surface area contributed by atoms with E-state index in [0.29, 0.717) is 6.04 Å². The summed E-state index contributed by atoms with van der Waals surface area (Å²) in [6.45, 7) is 6.37. The van der Waals surface area contributed by atoms with Crippen LogP contribution in [0.25, 0.3) is 0 Å². The maximum absolute atomic E-state index is 5.99. The van der Waals surface area contributed by atoms with Crippen molar-refractivity contribution in [3.8, 4) is 0 Å². The Kier molecular flexibility index (Phi) is 2.30. The first-order valence-corrected chi connectivity index (χ1v) is 6.20. The molecule has 3 rings (SSSR count). The average molecular weight is 217 g/mol. The Balaban J connectivity index is 1.94. The number of fused-ring (bicyclic) bond motifs is 2. The molecule has 1 aromatic rings. The van der Waals surface area contributed by atoms with Crippen LogP contribution in [0.15, 0.2) is 24.3 Å². The zero-order chi connectivity index (χ0) is 11.2. The molecule has 0 N–H and O–H groups in total. The van der Waals surface area contributed by atoms with Crippen molar-refractivity contribution in [2.24, 2.45) is 0 Å². The van der Waals surface area contributed by atoms with Crippen LogP contribution in [0.3, 0.4) is 0 Å². The van der Waals surface area contributed by atoms with E-state index >= 15 is 0 Å². The third kappa shape index (κ3) is 1.40. The highest BCUT2D eigenvalue weighted by atomic mass is 16.5.